The molecule has 0 aromatic carbocycles. The Hall–Kier alpha value is 0.280. The summed E-state index contributed by atoms with van der Waals surface area (Å²) < 4.78 is 38.0. The predicted octanol–water partition coefficient (Wildman–Crippen LogP) is -3.33. The number of aliphatic hydroxyl groups is 1. The van der Waals surface area contributed by atoms with E-state index in [-0.39, 0.29) is 91.1 Å². The summed E-state index contributed by atoms with van der Waals surface area (Å²) in [5.41, 5.74) is 0. The second-order valence-electron chi connectivity index (χ2n) is 9.53. The predicted molar refractivity (Wildman–Crippen MR) is 137 cm³/mol. The quantitative estimate of drug-likeness (QED) is 0.0492. The molecule has 0 spiro atoms. The molecule has 39 heavy (non-hydrogen) atoms. The van der Waals surface area contributed by atoms with Crippen LogP contribution in [0.5, 0.6) is 0 Å². The number of aliphatic hydroxyl groups excluding tert-OH is 1. The van der Waals surface area contributed by atoms with Crippen molar-refractivity contribution in [3.8, 4) is 0 Å². The van der Waals surface area contributed by atoms with E-state index >= 15 is 0 Å². The van der Waals surface area contributed by atoms with Gasteiger partial charge in [0, 0.05) is 25.4 Å². The van der Waals surface area contributed by atoms with Gasteiger partial charge in [-0.1, -0.05) is 96.8 Å². The first-order valence-electron chi connectivity index (χ1n) is 13.8. The summed E-state index contributed by atoms with van der Waals surface area (Å²) in [6, 6.07) is 0. The number of carboxylic acid groups (broad SMARTS) is 1. The van der Waals surface area contributed by atoms with Gasteiger partial charge in [-0.05, 0) is 6.42 Å². The fraction of sp³-hybridized carbons (Fsp3) is 0.885. The van der Waals surface area contributed by atoms with Crippen LogP contribution in [-0.2, 0) is 29.2 Å². The summed E-state index contributed by atoms with van der Waals surface area (Å²) >= 11 is 0. The first-order chi connectivity index (χ1) is 17.6. The monoisotopic (exact) mass is 595 g/mol. The molecule has 0 rings (SSSR count). The molecule has 0 saturated carbocycles. The van der Waals surface area contributed by atoms with Crippen molar-refractivity contribution in [2.24, 2.45) is 0 Å². The first kappa shape index (κ1) is 43.7. The van der Waals surface area contributed by atoms with Gasteiger partial charge >= 0.3 is 65.1 Å². The standard InChI is InChI=1S/C26H49NO9S.2Na/c1-2-3-4-5-6-7-8-9-10-11-12-13-14-15-16-17-24(29)27(18-20-28)19-21-36-26(32)23(22-25(30)31)37(33,34)35;;/h23,28H,2-22H2,1H3,(H,30,31)(H,33,34,35);;/q;2*+1/p-2. The Labute approximate surface area is 279 Å². The number of amides is 1. The Morgan fingerprint density at radius 3 is 1.62 bits per heavy atom. The third kappa shape index (κ3) is 25.7. The second-order valence-corrected chi connectivity index (χ2v) is 11.1. The molecule has 0 bridgehead atoms. The molecule has 0 aliphatic heterocycles. The Bertz CT molecular complexity index is 739. The number of hydrogen-bond donors (Lipinski definition) is 1. The molecule has 0 radical (unpaired) electrons. The minimum Gasteiger partial charge on any atom is -0.747 e. The number of esters is 1. The van der Waals surface area contributed by atoms with Gasteiger partial charge in [0.1, 0.15) is 16.7 Å². The maximum Gasteiger partial charge on any atom is 1.00 e. The third-order valence-corrected chi connectivity index (χ3v) is 7.34. The molecule has 0 fully saturated rings. The first-order valence-corrected chi connectivity index (χ1v) is 15.3. The Morgan fingerprint density at radius 2 is 1.23 bits per heavy atom. The molecular weight excluding hydrogens is 548 g/mol. The van der Waals surface area contributed by atoms with Gasteiger partial charge in [-0.2, -0.15) is 0 Å². The molecular formula is C26H47NNa2O9S. The van der Waals surface area contributed by atoms with Crippen LogP contribution in [0.1, 0.15) is 116 Å². The van der Waals surface area contributed by atoms with Gasteiger partial charge < -0.3 is 29.2 Å². The van der Waals surface area contributed by atoms with Gasteiger partial charge in [0.25, 0.3) is 0 Å². The van der Waals surface area contributed by atoms with Crippen LogP contribution in [0.15, 0.2) is 0 Å². The zero-order valence-electron chi connectivity index (χ0n) is 24.5. The van der Waals surface area contributed by atoms with Crippen LogP contribution < -0.4 is 64.2 Å². The Kier molecular flexibility index (Phi) is 31.8. The van der Waals surface area contributed by atoms with E-state index in [1.54, 1.807) is 0 Å². The van der Waals surface area contributed by atoms with Crippen molar-refractivity contribution >= 4 is 28.0 Å². The van der Waals surface area contributed by atoms with E-state index in [9.17, 15) is 37.6 Å². The molecule has 13 heteroatoms. The van der Waals surface area contributed by atoms with Crippen molar-refractivity contribution in [1.29, 1.82) is 0 Å². The molecule has 1 atom stereocenters. The number of aliphatic carboxylic acids is 1. The normalized spacial score (nSPS) is 11.7. The average Bonchev–Trinajstić information content (AvgIpc) is 2.83. The van der Waals surface area contributed by atoms with E-state index in [0.717, 1.165) is 19.3 Å². The Morgan fingerprint density at radius 1 is 0.795 bits per heavy atom. The molecule has 1 amide bonds. The second kappa shape index (κ2) is 28.4. The average molecular weight is 596 g/mol. The SMILES string of the molecule is CCCCCCCCCCCCCCCCCC(=O)N(CCO)CCOC(=O)C(CC(=O)[O-])S(=O)(=O)[O-].[Na+].[Na+]. The maximum atomic E-state index is 12.4. The van der Waals surface area contributed by atoms with Crippen molar-refractivity contribution in [1.82, 2.24) is 4.90 Å². The van der Waals surface area contributed by atoms with Gasteiger partial charge in [0.15, 0.2) is 5.25 Å². The van der Waals surface area contributed by atoms with Crippen molar-refractivity contribution < 1.29 is 101 Å². The van der Waals surface area contributed by atoms with Crippen LogP contribution in [-0.4, -0.2) is 72.4 Å². The summed E-state index contributed by atoms with van der Waals surface area (Å²) in [5, 5.41) is 17.4. The minimum absolute atomic E-state index is 0. The van der Waals surface area contributed by atoms with Crippen LogP contribution in [0.3, 0.4) is 0 Å². The zero-order valence-corrected chi connectivity index (χ0v) is 29.3. The van der Waals surface area contributed by atoms with E-state index in [1.807, 2.05) is 0 Å². The fourth-order valence-corrected chi connectivity index (χ4v) is 4.74. The van der Waals surface area contributed by atoms with Crippen LogP contribution in [0, 0.1) is 0 Å². The summed E-state index contributed by atoms with van der Waals surface area (Å²) in [6.45, 7) is 1.40. The molecule has 0 aromatic heterocycles. The number of unbranched alkanes of at least 4 members (excludes halogenated alkanes) is 14. The molecule has 0 aromatic rings. The summed E-state index contributed by atoms with van der Waals surface area (Å²) in [4.78, 5) is 36.1. The summed E-state index contributed by atoms with van der Waals surface area (Å²) in [6.07, 6.45) is 17.2. The number of carbonyl (C=O) groups excluding carboxylic acids is 3. The molecule has 0 aliphatic rings. The largest absolute Gasteiger partial charge is 1.00 e. The number of nitrogens with zero attached hydrogens (tertiary/aromatic N) is 1. The van der Waals surface area contributed by atoms with Crippen molar-refractivity contribution in [2.75, 3.05) is 26.3 Å². The molecule has 0 heterocycles. The fourth-order valence-electron chi connectivity index (χ4n) is 4.09. The summed E-state index contributed by atoms with van der Waals surface area (Å²) in [7, 11) is -5.24. The van der Waals surface area contributed by atoms with Gasteiger partial charge in [0.2, 0.25) is 5.91 Å². The zero-order chi connectivity index (χ0) is 27.9. The van der Waals surface area contributed by atoms with E-state index < -0.39 is 40.3 Å². The Balaban J connectivity index is -0.00000648. The molecule has 1 N–H and O–H groups in total. The van der Waals surface area contributed by atoms with Crippen LogP contribution >= 0.6 is 0 Å². The minimum atomic E-state index is -5.24. The van der Waals surface area contributed by atoms with Gasteiger partial charge in [-0.15, -0.1) is 0 Å². The smallest absolute Gasteiger partial charge is 0.747 e. The number of carboxylic acids is 1. The number of ether oxygens (including phenoxy) is 1. The molecule has 1 unspecified atom stereocenters. The van der Waals surface area contributed by atoms with Gasteiger partial charge in [-0.3, -0.25) is 9.59 Å². The van der Waals surface area contributed by atoms with E-state index in [2.05, 4.69) is 6.92 Å². The van der Waals surface area contributed by atoms with Gasteiger partial charge in [0.05, 0.1) is 13.2 Å². The van der Waals surface area contributed by atoms with E-state index in [4.69, 9.17) is 4.74 Å². The van der Waals surface area contributed by atoms with Crippen molar-refractivity contribution in [3.63, 3.8) is 0 Å². The van der Waals surface area contributed by atoms with Crippen molar-refractivity contribution in [3.05, 3.63) is 0 Å². The van der Waals surface area contributed by atoms with E-state index in [1.165, 1.54) is 75.5 Å². The summed E-state index contributed by atoms with van der Waals surface area (Å²) in [5.74, 6) is -3.61. The topological polar surface area (TPSA) is 164 Å². The number of carbonyl (C=O) groups is 3. The van der Waals surface area contributed by atoms with Crippen LogP contribution in [0.4, 0.5) is 0 Å². The molecule has 10 nitrogen and oxygen atoms in total. The molecule has 0 saturated heterocycles. The number of rotatable bonds is 25. The molecule has 218 valence electrons. The van der Waals surface area contributed by atoms with Crippen molar-refractivity contribution in [2.45, 2.75) is 121 Å². The van der Waals surface area contributed by atoms with Crippen LogP contribution in [0.2, 0.25) is 0 Å². The third-order valence-electron chi connectivity index (χ3n) is 6.29. The number of hydrogen-bond acceptors (Lipinski definition) is 9. The maximum absolute atomic E-state index is 12.4. The van der Waals surface area contributed by atoms with E-state index in [0.29, 0.717) is 6.42 Å². The van der Waals surface area contributed by atoms with Crippen LogP contribution in [0.25, 0.3) is 0 Å². The van der Waals surface area contributed by atoms with Gasteiger partial charge in [-0.25, -0.2) is 8.42 Å². The molecule has 0 aliphatic carbocycles.